The molecule has 4 amide bonds. The van der Waals surface area contributed by atoms with Gasteiger partial charge in [-0.2, -0.15) is 0 Å². The highest BCUT2D eigenvalue weighted by Gasteiger charge is 2.45. The number of nitrogens with zero attached hydrogens (tertiary/aromatic N) is 2. The molecule has 0 bridgehead atoms. The van der Waals surface area contributed by atoms with Crippen molar-refractivity contribution in [3.05, 3.63) is 24.5 Å². The Morgan fingerprint density at radius 1 is 1.30 bits per heavy atom. The number of imide groups is 1. The van der Waals surface area contributed by atoms with Crippen LogP contribution in [0.3, 0.4) is 0 Å². The number of benzene rings is 1. The van der Waals surface area contributed by atoms with Gasteiger partial charge in [0.2, 0.25) is 0 Å². The molecule has 0 radical (unpaired) electrons. The predicted octanol–water partition coefficient (Wildman–Crippen LogP) is 3.20. The second-order valence-electron chi connectivity index (χ2n) is 7.98. The molecule has 0 saturated carbocycles. The van der Waals surface area contributed by atoms with Crippen LogP contribution in [0.15, 0.2) is 28.9 Å². The van der Waals surface area contributed by atoms with Crippen LogP contribution in [0.5, 0.6) is 5.75 Å². The third-order valence-electron chi connectivity index (χ3n) is 4.60. The number of urea groups is 1. The van der Waals surface area contributed by atoms with E-state index in [9.17, 15) is 18.8 Å². The van der Waals surface area contributed by atoms with Crippen molar-refractivity contribution in [1.82, 2.24) is 4.90 Å². The smallest absolute Gasteiger partial charge is 0.411 e. The van der Waals surface area contributed by atoms with Crippen molar-refractivity contribution in [2.75, 3.05) is 18.6 Å². The Morgan fingerprint density at radius 3 is 2.60 bits per heavy atom. The summed E-state index contributed by atoms with van der Waals surface area (Å²) in [5.41, 5.74) is 5.12. The summed E-state index contributed by atoms with van der Waals surface area (Å²) in [5.74, 6) is -0.374. The first-order valence-corrected chi connectivity index (χ1v) is 9.34. The lowest BCUT2D eigenvalue weighted by Crippen LogP contribution is -2.52. The van der Waals surface area contributed by atoms with Crippen LogP contribution in [0.25, 0.3) is 11.0 Å². The van der Waals surface area contributed by atoms with Crippen LogP contribution in [0.1, 0.15) is 27.2 Å². The maximum absolute atomic E-state index is 14.2. The molecule has 2 N–H and O–H groups in total. The number of halogens is 1. The van der Waals surface area contributed by atoms with E-state index in [4.69, 9.17) is 19.6 Å². The van der Waals surface area contributed by atoms with Gasteiger partial charge in [-0.05, 0) is 39.0 Å². The van der Waals surface area contributed by atoms with Crippen LogP contribution < -0.4 is 15.4 Å². The molecule has 1 aliphatic rings. The number of anilines is 1. The molecule has 0 aliphatic carbocycles. The SMILES string of the molecule is COc1ccc2occ(N(C(N)=O)C(=O)C3CC(F)CN3C(=O)OC(C)(C)C)c2c1. The predicted molar refractivity (Wildman–Crippen MR) is 106 cm³/mol. The van der Waals surface area contributed by atoms with E-state index in [-0.39, 0.29) is 18.7 Å². The van der Waals surface area contributed by atoms with Gasteiger partial charge in [0.25, 0.3) is 5.91 Å². The van der Waals surface area contributed by atoms with Crippen LogP contribution in [0.4, 0.5) is 19.7 Å². The van der Waals surface area contributed by atoms with Crippen molar-refractivity contribution in [2.24, 2.45) is 5.73 Å². The van der Waals surface area contributed by atoms with E-state index in [1.807, 2.05) is 0 Å². The molecule has 9 nitrogen and oxygen atoms in total. The second-order valence-corrected chi connectivity index (χ2v) is 7.98. The Labute approximate surface area is 172 Å². The van der Waals surface area contributed by atoms with E-state index in [0.717, 1.165) is 4.90 Å². The van der Waals surface area contributed by atoms with Gasteiger partial charge in [-0.15, -0.1) is 0 Å². The lowest BCUT2D eigenvalue weighted by molar-refractivity contribution is -0.122. The Balaban J connectivity index is 1.97. The number of fused-ring (bicyclic) bond motifs is 1. The molecular formula is C20H24FN3O6. The lowest BCUT2D eigenvalue weighted by Gasteiger charge is -2.29. The standard InChI is InChI=1S/C20H24FN3O6/c1-20(2,3)30-19(27)23-9-11(21)7-14(23)17(25)24(18(22)26)15-10-29-16-6-5-12(28-4)8-13(15)16/h5-6,8,10-11,14H,7,9H2,1-4H3,(H2,22,26). The van der Waals surface area contributed by atoms with E-state index in [1.54, 1.807) is 39.0 Å². The summed E-state index contributed by atoms with van der Waals surface area (Å²) in [6.07, 6.45) is -1.36. The van der Waals surface area contributed by atoms with Crippen molar-refractivity contribution in [3.63, 3.8) is 0 Å². The minimum absolute atomic E-state index is 0.0767. The van der Waals surface area contributed by atoms with Gasteiger partial charge >= 0.3 is 12.1 Å². The normalized spacial score (nSPS) is 19.0. The van der Waals surface area contributed by atoms with Crippen LogP contribution in [0.2, 0.25) is 0 Å². The van der Waals surface area contributed by atoms with E-state index in [2.05, 4.69) is 0 Å². The van der Waals surface area contributed by atoms with Crippen molar-refractivity contribution in [3.8, 4) is 5.75 Å². The number of carbonyl (C=O) groups excluding carboxylic acids is 3. The first-order valence-electron chi connectivity index (χ1n) is 9.34. The molecule has 1 aromatic heterocycles. The molecule has 30 heavy (non-hydrogen) atoms. The van der Waals surface area contributed by atoms with Crippen molar-refractivity contribution in [1.29, 1.82) is 0 Å². The number of hydrogen-bond donors (Lipinski definition) is 1. The molecule has 1 aromatic carbocycles. The zero-order valence-corrected chi connectivity index (χ0v) is 17.2. The summed E-state index contributed by atoms with van der Waals surface area (Å²) in [6.45, 7) is 4.65. The molecule has 0 spiro atoms. The van der Waals surface area contributed by atoms with Gasteiger partial charge in [-0.3, -0.25) is 9.69 Å². The maximum Gasteiger partial charge on any atom is 0.411 e. The molecule has 162 valence electrons. The highest BCUT2D eigenvalue weighted by atomic mass is 19.1. The van der Waals surface area contributed by atoms with Crippen LogP contribution in [-0.4, -0.2) is 54.4 Å². The Kier molecular flexibility index (Phi) is 5.60. The van der Waals surface area contributed by atoms with Crippen LogP contribution >= 0.6 is 0 Å². The van der Waals surface area contributed by atoms with Gasteiger partial charge in [-0.1, -0.05) is 0 Å². The van der Waals surface area contributed by atoms with Crippen molar-refractivity contribution in [2.45, 2.75) is 45.0 Å². The summed E-state index contributed by atoms with van der Waals surface area (Å²) in [4.78, 5) is 39.6. The number of methoxy groups -OCH3 is 1. The fraction of sp³-hybridized carbons (Fsp3) is 0.450. The lowest BCUT2D eigenvalue weighted by atomic mass is 10.1. The number of furan rings is 1. The molecule has 1 aliphatic heterocycles. The van der Waals surface area contributed by atoms with Crippen LogP contribution in [0, 0.1) is 0 Å². The number of carbonyl (C=O) groups is 3. The molecule has 1 fully saturated rings. The number of rotatable bonds is 3. The topological polar surface area (TPSA) is 115 Å². The average molecular weight is 421 g/mol. The Hall–Kier alpha value is -3.30. The third-order valence-corrected chi connectivity index (χ3v) is 4.60. The molecular weight excluding hydrogens is 397 g/mol. The van der Waals surface area contributed by atoms with Gasteiger partial charge in [0.1, 0.15) is 35.4 Å². The summed E-state index contributed by atoms with van der Waals surface area (Å²) >= 11 is 0. The third kappa shape index (κ3) is 4.17. The summed E-state index contributed by atoms with van der Waals surface area (Å²) in [6, 6.07) is 2.51. The van der Waals surface area contributed by atoms with Crippen LogP contribution in [-0.2, 0) is 9.53 Å². The minimum atomic E-state index is -1.44. The highest BCUT2D eigenvalue weighted by molar-refractivity contribution is 6.19. The largest absolute Gasteiger partial charge is 0.497 e. The Morgan fingerprint density at radius 2 is 2.00 bits per heavy atom. The zero-order valence-electron chi connectivity index (χ0n) is 17.2. The average Bonchev–Trinajstić information content (AvgIpc) is 3.23. The number of nitrogens with two attached hydrogens (primary N) is 1. The number of primary amides is 1. The van der Waals surface area contributed by atoms with Gasteiger partial charge in [0.05, 0.1) is 19.3 Å². The van der Waals surface area contributed by atoms with Crippen molar-refractivity contribution >= 4 is 34.7 Å². The highest BCUT2D eigenvalue weighted by Crippen LogP contribution is 2.34. The fourth-order valence-electron chi connectivity index (χ4n) is 3.33. The van der Waals surface area contributed by atoms with Gasteiger partial charge in [0.15, 0.2) is 0 Å². The first kappa shape index (κ1) is 21.4. The van der Waals surface area contributed by atoms with Gasteiger partial charge in [-0.25, -0.2) is 18.9 Å². The first-order chi connectivity index (χ1) is 14.0. The van der Waals surface area contributed by atoms with E-state index in [1.165, 1.54) is 13.4 Å². The van der Waals surface area contributed by atoms with E-state index in [0.29, 0.717) is 21.6 Å². The van der Waals surface area contributed by atoms with Gasteiger partial charge in [0, 0.05) is 11.8 Å². The quantitative estimate of drug-likeness (QED) is 0.814. The van der Waals surface area contributed by atoms with E-state index < -0.39 is 35.8 Å². The van der Waals surface area contributed by atoms with Crippen molar-refractivity contribution < 1.29 is 32.7 Å². The maximum atomic E-state index is 14.2. The summed E-state index contributed by atoms with van der Waals surface area (Å²) in [7, 11) is 1.47. The summed E-state index contributed by atoms with van der Waals surface area (Å²) < 4.78 is 30.0. The Bertz CT molecular complexity index is 983. The molecule has 10 heteroatoms. The molecule has 3 rings (SSSR count). The number of hydrogen-bond acceptors (Lipinski definition) is 6. The molecule has 2 heterocycles. The molecule has 1 saturated heterocycles. The number of likely N-dealkylation sites (tertiary alicyclic amines) is 1. The molecule has 2 aromatic rings. The molecule has 2 atom stereocenters. The molecule has 2 unspecified atom stereocenters. The number of alkyl halides is 1. The number of ether oxygens (including phenoxy) is 2. The minimum Gasteiger partial charge on any atom is -0.497 e. The van der Waals surface area contributed by atoms with Gasteiger partial charge < -0.3 is 19.6 Å². The monoisotopic (exact) mass is 421 g/mol. The zero-order chi connectivity index (χ0) is 22.2. The van der Waals surface area contributed by atoms with E-state index >= 15 is 0 Å². The second kappa shape index (κ2) is 7.85. The summed E-state index contributed by atoms with van der Waals surface area (Å²) in [5, 5.41) is 0.403. The fourth-order valence-corrected chi connectivity index (χ4v) is 3.33. The number of amides is 4.